The third kappa shape index (κ3) is 6.01. The SMILES string of the molecule is O=[N+]([O-])c1ccc(/C=C/C=C/C=C/C=C/c2ccc([N+](=O)[O-])cc2)cc1. The second-order valence-electron chi connectivity index (χ2n) is 5.19. The van der Waals surface area contributed by atoms with Crippen LogP contribution in [0.3, 0.4) is 0 Å². The van der Waals surface area contributed by atoms with Crippen molar-refractivity contribution in [3.8, 4) is 0 Å². The van der Waals surface area contributed by atoms with Crippen molar-refractivity contribution in [2.24, 2.45) is 0 Å². The molecular weight excluding hydrogens is 332 g/mol. The van der Waals surface area contributed by atoms with Crippen LogP contribution in [0, 0.1) is 20.2 Å². The van der Waals surface area contributed by atoms with Crippen molar-refractivity contribution in [3.05, 3.63) is 116 Å². The third-order valence-corrected chi connectivity index (χ3v) is 3.34. The summed E-state index contributed by atoms with van der Waals surface area (Å²) in [7, 11) is 0. The predicted octanol–water partition coefficient (Wildman–Crippen LogP) is 5.34. The minimum atomic E-state index is -0.428. The highest BCUT2D eigenvalue weighted by Gasteiger charge is 2.02. The van der Waals surface area contributed by atoms with Gasteiger partial charge in [-0.15, -0.1) is 0 Å². The molecule has 0 saturated carbocycles. The van der Waals surface area contributed by atoms with E-state index < -0.39 is 9.85 Å². The zero-order chi connectivity index (χ0) is 18.8. The van der Waals surface area contributed by atoms with Gasteiger partial charge in [0.1, 0.15) is 0 Å². The standard InChI is InChI=1S/C20H16N2O4/c23-21(24)19-13-9-17(10-14-19)7-5-3-1-2-4-6-8-18-11-15-20(16-12-18)22(25)26/h1-16H/b3-1+,4-2+,7-5+,8-6+. The molecule has 0 N–H and O–H groups in total. The zero-order valence-electron chi connectivity index (χ0n) is 13.8. The molecule has 0 aliphatic carbocycles. The van der Waals surface area contributed by atoms with Gasteiger partial charge in [-0.05, 0) is 35.4 Å². The number of allylic oxidation sites excluding steroid dienone is 6. The van der Waals surface area contributed by atoms with Crippen molar-refractivity contribution in [2.45, 2.75) is 0 Å². The number of benzene rings is 2. The largest absolute Gasteiger partial charge is 0.269 e. The maximum absolute atomic E-state index is 10.6. The summed E-state index contributed by atoms with van der Waals surface area (Å²) < 4.78 is 0. The second kappa shape index (κ2) is 9.48. The molecule has 6 nitrogen and oxygen atoms in total. The van der Waals surface area contributed by atoms with Gasteiger partial charge in [-0.1, -0.05) is 48.6 Å². The van der Waals surface area contributed by atoms with E-state index in [-0.39, 0.29) is 11.4 Å². The average Bonchev–Trinajstić information content (AvgIpc) is 2.64. The number of nitro groups is 2. The maximum atomic E-state index is 10.6. The maximum Gasteiger partial charge on any atom is 0.269 e. The molecule has 0 aliphatic heterocycles. The Labute approximate surface area is 150 Å². The zero-order valence-corrected chi connectivity index (χ0v) is 13.8. The van der Waals surface area contributed by atoms with Crippen molar-refractivity contribution in [2.75, 3.05) is 0 Å². The molecular formula is C20H16N2O4. The Kier molecular flexibility index (Phi) is 6.76. The van der Waals surface area contributed by atoms with E-state index in [4.69, 9.17) is 0 Å². The first-order valence-electron chi connectivity index (χ1n) is 7.73. The molecule has 0 amide bonds. The molecule has 0 bridgehead atoms. The molecule has 0 radical (unpaired) electrons. The smallest absolute Gasteiger partial charge is 0.258 e. The van der Waals surface area contributed by atoms with Gasteiger partial charge in [-0.25, -0.2) is 0 Å². The van der Waals surface area contributed by atoms with Gasteiger partial charge in [0.25, 0.3) is 11.4 Å². The van der Waals surface area contributed by atoms with Crippen LogP contribution in [-0.2, 0) is 0 Å². The van der Waals surface area contributed by atoms with E-state index in [0.29, 0.717) is 0 Å². The fraction of sp³-hybridized carbons (Fsp3) is 0. The number of hydrogen-bond acceptors (Lipinski definition) is 4. The Balaban J connectivity index is 1.81. The van der Waals surface area contributed by atoms with Gasteiger partial charge in [0.2, 0.25) is 0 Å². The molecule has 2 aromatic carbocycles. The summed E-state index contributed by atoms with van der Waals surface area (Å²) in [5, 5.41) is 21.1. The third-order valence-electron chi connectivity index (χ3n) is 3.34. The van der Waals surface area contributed by atoms with Gasteiger partial charge in [0, 0.05) is 24.3 Å². The summed E-state index contributed by atoms with van der Waals surface area (Å²) in [4.78, 5) is 20.3. The van der Waals surface area contributed by atoms with Gasteiger partial charge in [-0.2, -0.15) is 0 Å². The number of nitro benzene ring substituents is 2. The van der Waals surface area contributed by atoms with Crippen LogP contribution in [-0.4, -0.2) is 9.85 Å². The van der Waals surface area contributed by atoms with Gasteiger partial charge < -0.3 is 0 Å². The first-order valence-corrected chi connectivity index (χ1v) is 7.73. The van der Waals surface area contributed by atoms with E-state index in [1.165, 1.54) is 24.3 Å². The quantitative estimate of drug-likeness (QED) is 0.384. The Morgan fingerprint density at radius 2 is 0.846 bits per heavy atom. The van der Waals surface area contributed by atoms with Crippen molar-refractivity contribution in [3.63, 3.8) is 0 Å². The lowest BCUT2D eigenvalue weighted by atomic mass is 10.2. The second-order valence-corrected chi connectivity index (χ2v) is 5.19. The normalized spacial score (nSPS) is 11.8. The number of hydrogen-bond donors (Lipinski definition) is 0. The average molecular weight is 348 g/mol. The van der Waals surface area contributed by atoms with Crippen LogP contribution >= 0.6 is 0 Å². The first-order chi connectivity index (χ1) is 12.6. The number of rotatable bonds is 7. The molecule has 26 heavy (non-hydrogen) atoms. The topological polar surface area (TPSA) is 86.3 Å². The van der Waals surface area contributed by atoms with Gasteiger partial charge >= 0.3 is 0 Å². The molecule has 6 heteroatoms. The number of non-ortho nitro benzene ring substituents is 2. The van der Waals surface area contributed by atoms with E-state index >= 15 is 0 Å². The fourth-order valence-electron chi connectivity index (χ4n) is 2.00. The van der Waals surface area contributed by atoms with Crippen molar-refractivity contribution in [1.29, 1.82) is 0 Å². The molecule has 0 heterocycles. The molecule has 0 atom stereocenters. The monoisotopic (exact) mass is 348 g/mol. The summed E-state index contributed by atoms with van der Waals surface area (Å²) >= 11 is 0. The highest BCUT2D eigenvalue weighted by atomic mass is 16.6. The van der Waals surface area contributed by atoms with Crippen LogP contribution in [0.25, 0.3) is 12.2 Å². The molecule has 0 unspecified atom stereocenters. The lowest BCUT2D eigenvalue weighted by molar-refractivity contribution is -0.385. The van der Waals surface area contributed by atoms with Gasteiger partial charge in [0.05, 0.1) is 9.85 Å². The Hall–Kier alpha value is -3.80. The van der Waals surface area contributed by atoms with Crippen molar-refractivity contribution >= 4 is 23.5 Å². The van der Waals surface area contributed by atoms with E-state index in [0.717, 1.165) is 11.1 Å². The van der Waals surface area contributed by atoms with Crippen molar-refractivity contribution in [1.82, 2.24) is 0 Å². The van der Waals surface area contributed by atoms with Crippen LogP contribution in [0.1, 0.15) is 11.1 Å². The van der Waals surface area contributed by atoms with Crippen LogP contribution in [0.2, 0.25) is 0 Å². The Morgan fingerprint density at radius 1 is 0.538 bits per heavy atom. The Bertz CT molecular complexity index is 802. The van der Waals surface area contributed by atoms with Crippen LogP contribution in [0.5, 0.6) is 0 Å². The summed E-state index contributed by atoms with van der Waals surface area (Å²) in [6, 6.07) is 12.6. The Morgan fingerprint density at radius 3 is 1.15 bits per heavy atom. The predicted molar refractivity (Wildman–Crippen MR) is 103 cm³/mol. The molecule has 2 rings (SSSR count). The van der Waals surface area contributed by atoms with E-state index in [9.17, 15) is 20.2 Å². The minimum absolute atomic E-state index is 0.0698. The summed E-state index contributed by atoms with van der Waals surface area (Å²) in [6.07, 6.45) is 14.8. The summed E-state index contributed by atoms with van der Waals surface area (Å²) in [5.74, 6) is 0. The van der Waals surface area contributed by atoms with E-state index in [2.05, 4.69) is 0 Å². The molecule has 0 aliphatic rings. The van der Waals surface area contributed by atoms with Crippen LogP contribution in [0.4, 0.5) is 11.4 Å². The molecule has 0 fully saturated rings. The minimum Gasteiger partial charge on any atom is -0.258 e. The molecule has 0 aromatic heterocycles. The first kappa shape index (κ1) is 18.5. The fourth-order valence-corrected chi connectivity index (χ4v) is 2.00. The highest BCUT2D eigenvalue weighted by Crippen LogP contribution is 2.13. The van der Waals surface area contributed by atoms with Crippen LogP contribution in [0.15, 0.2) is 85.0 Å². The summed E-state index contributed by atoms with van der Waals surface area (Å²) in [6.45, 7) is 0. The number of nitrogens with zero attached hydrogens (tertiary/aromatic N) is 2. The van der Waals surface area contributed by atoms with E-state index in [1.807, 2.05) is 48.6 Å². The molecule has 2 aromatic rings. The summed E-state index contributed by atoms with van der Waals surface area (Å²) in [5.41, 5.74) is 1.89. The van der Waals surface area contributed by atoms with Gasteiger partial charge in [0.15, 0.2) is 0 Å². The van der Waals surface area contributed by atoms with Gasteiger partial charge in [-0.3, -0.25) is 20.2 Å². The van der Waals surface area contributed by atoms with Crippen molar-refractivity contribution < 1.29 is 9.85 Å². The van der Waals surface area contributed by atoms with E-state index in [1.54, 1.807) is 24.3 Å². The molecule has 0 saturated heterocycles. The molecule has 130 valence electrons. The van der Waals surface area contributed by atoms with Crippen LogP contribution < -0.4 is 0 Å². The lowest BCUT2D eigenvalue weighted by Gasteiger charge is -1.92. The lowest BCUT2D eigenvalue weighted by Crippen LogP contribution is -1.86. The molecule has 0 spiro atoms. The highest BCUT2D eigenvalue weighted by molar-refractivity contribution is 5.54.